The molecule has 0 rings (SSSR count). The standard InChI is InChI=1S/C9H17N3O3/c1-5-6(11-12-8(10)14)7(13)15-9(2,3)4/h5H2,1-4H3,(H3,10,12,14)/b11-6-. The molecule has 0 bridgehead atoms. The molecule has 15 heavy (non-hydrogen) atoms. The number of hydrogen-bond acceptors (Lipinski definition) is 4. The van der Waals surface area contributed by atoms with E-state index in [0.29, 0.717) is 6.42 Å². The van der Waals surface area contributed by atoms with E-state index >= 15 is 0 Å². The summed E-state index contributed by atoms with van der Waals surface area (Å²) in [6.45, 7) is 6.98. The second-order valence-corrected chi connectivity index (χ2v) is 3.89. The van der Waals surface area contributed by atoms with Gasteiger partial charge in [0.2, 0.25) is 0 Å². The van der Waals surface area contributed by atoms with Gasteiger partial charge in [0.1, 0.15) is 11.3 Å². The predicted molar refractivity (Wildman–Crippen MR) is 56.3 cm³/mol. The second-order valence-electron chi connectivity index (χ2n) is 3.89. The fourth-order valence-corrected chi connectivity index (χ4v) is 0.729. The quantitative estimate of drug-likeness (QED) is 0.413. The van der Waals surface area contributed by atoms with Crippen molar-refractivity contribution in [2.24, 2.45) is 10.8 Å². The van der Waals surface area contributed by atoms with Gasteiger partial charge in [0.25, 0.3) is 0 Å². The zero-order valence-electron chi connectivity index (χ0n) is 9.46. The molecule has 2 amide bonds. The van der Waals surface area contributed by atoms with Crippen LogP contribution in [0, 0.1) is 0 Å². The van der Waals surface area contributed by atoms with Crippen LogP contribution >= 0.6 is 0 Å². The zero-order valence-corrected chi connectivity index (χ0v) is 9.46. The van der Waals surface area contributed by atoms with Gasteiger partial charge in [0.15, 0.2) is 0 Å². The molecule has 3 N–H and O–H groups in total. The van der Waals surface area contributed by atoms with E-state index in [1.165, 1.54) is 0 Å². The minimum Gasteiger partial charge on any atom is -0.455 e. The zero-order chi connectivity index (χ0) is 12.1. The number of nitrogens with two attached hydrogens (primary N) is 1. The van der Waals surface area contributed by atoms with Crippen molar-refractivity contribution in [1.82, 2.24) is 5.43 Å². The Labute approximate surface area is 88.9 Å². The van der Waals surface area contributed by atoms with Crippen molar-refractivity contribution in [1.29, 1.82) is 0 Å². The van der Waals surface area contributed by atoms with Crippen molar-refractivity contribution in [3.8, 4) is 0 Å². The smallest absolute Gasteiger partial charge is 0.355 e. The fraction of sp³-hybridized carbons (Fsp3) is 0.667. The van der Waals surface area contributed by atoms with Crippen LogP contribution < -0.4 is 11.2 Å². The summed E-state index contributed by atoms with van der Waals surface area (Å²) in [5.74, 6) is -0.557. The molecule has 0 aliphatic rings. The molecule has 0 heterocycles. The normalized spacial score (nSPS) is 12.1. The van der Waals surface area contributed by atoms with Crippen LogP contribution in [0.4, 0.5) is 4.79 Å². The molecule has 0 aromatic carbocycles. The number of carbonyl (C=O) groups excluding carboxylic acids is 2. The lowest BCUT2D eigenvalue weighted by molar-refractivity contribution is -0.146. The van der Waals surface area contributed by atoms with Crippen LogP contribution in [0.15, 0.2) is 5.10 Å². The summed E-state index contributed by atoms with van der Waals surface area (Å²) in [4.78, 5) is 21.8. The first kappa shape index (κ1) is 13.4. The Morgan fingerprint density at radius 1 is 1.40 bits per heavy atom. The maximum atomic E-state index is 11.5. The Morgan fingerprint density at radius 3 is 2.27 bits per heavy atom. The first-order valence-electron chi connectivity index (χ1n) is 4.61. The minimum absolute atomic E-state index is 0.128. The Morgan fingerprint density at radius 2 is 1.93 bits per heavy atom. The van der Waals surface area contributed by atoms with Crippen LogP contribution in [-0.4, -0.2) is 23.3 Å². The van der Waals surface area contributed by atoms with Gasteiger partial charge in [-0.15, -0.1) is 0 Å². The number of rotatable bonds is 3. The number of hydrogen-bond donors (Lipinski definition) is 2. The monoisotopic (exact) mass is 215 g/mol. The summed E-state index contributed by atoms with van der Waals surface area (Å²) in [6.07, 6.45) is 0.356. The molecule has 0 radical (unpaired) electrons. The number of amides is 2. The van der Waals surface area contributed by atoms with Crippen molar-refractivity contribution >= 4 is 17.7 Å². The van der Waals surface area contributed by atoms with E-state index < -0.39 is 17.6 Å². The molecule has 86 valence electrons. The third-order valence-electron chi connectivity index (χ3n) is 1.27. The van der Waals surface area contributed by atoms with Crippen LogP contribution in [0.2, 0.25) is 0 Å². The Balaban J connectivity index is 4.48. The second kappa shape index (κ2) is 5.33. The highest BCUT2D eigenvalue weighted by Crippen LogP contribution is 2.08. The molecule has 6 heteroatoms. The SMILES string of the molecule is CC/C(=N/NC(N)=O)C(=O)OC(C)(C)C. The highest BCUT2D eigenvalue weighted by atomic mass is 16.6. The van der Waals surface area contributed by atoms with Gasteiger partial charge in [-0.05, 0) is 27.2 Å². The number of nitrogens with zero attached hydrogens (tertiary/aromatic N) is 1. The number of primary amides is 1. The van der Waals surface area contributed by atoms with E-state index in [2.05, 4.69) is 5.10 Å². The van der Waals surface area contributed by atoms with Crippen LogP contribution in [0.25, 0.3) is 0 Å². The van der Waals surface area contributed by atoms with Gasteiger partial charge in [-0.25, -0.2) is 15.0 Å². The average molecular weight is 215 g/mol. The maximum Gasteiger partial charge on any atom is 0.355 e. The number of ether oxygens (including phenoxy) is 1. The largest absolute Gasteiger partial charge is 0.455 e. The summed E-state index contributed by atoms with van der Waals surface area (Å²) < 4.78 is 5.06. The van der Waals surface area contributed by atoms with Crippen LogP contribution in [-0.2, 0) is 9.53 Å². The van der Waals surface area contributed by atoms with Crippen molar-refractivity contribution in [2.75, 3.05) is 0 Å². The van der Waals surface area contributed by atoms with Gasteiger partial charge in [0.05, 0.1) is 0 Å². The Hall–Kier alpha value is -1.59. The van der Waals surface area contributed by atoms with E-state index in [0.717, 1.165) is 0 Å². The van der Waals surface area contributed by atoms with Crippen LogP contribution in [0.3, 0.4) is 0 Å². The highest BCUT2D eigenvalue weighted by Gasteiger charge is 2.20. The Bertz CT molecular complexity index is 279. The third-order valence-corrected chi connectivity index (χ3v) is 1.27. The Kier molecular flexibility index (Phi) is 4.77. The van der Waals surface area contributed by atoms with E-state index in [9.17, 15) is 9.59 Å². The van der Waals surface area contributed by atoms with Gasteiger partial charge < -0.3 is 10.5 Å². The molecule has 0 aromatic heterocycles. The molecule has 0 aliphatic carbocycles. The molecule has 0 saturated heterocycles. The lowest BCUT2D eigenvalue weighted by Gasteiger charge is -2.19. The molecular formula is C9H17N3O3. The van der Waals surface area contributed by atoms with E-state index in [1.54, 1.807) is 27.7 Å². The van der Waals surface area contributed by atoms with Gasteiger partial charge in [-0.3, -0.25) is 0 Å². The van der Waals surface area contributed by atoms with Crippen LogP contribution in [0.1, 0.15) is 34.1 Å². The number of esters is 1. The van der Waals surface area contributed by atoms with Gasteiger partial charge in [-0.1, -0.05) is 6.92 Å². The molecule has 0 saturated carbocycles. The van der Waals surface area contributed by atoms with Crippen molar-refractivity contribution in [3.05, 3.63) is 0 Å². The lowest BCUT2D eigenvalue weighted by Crippen LogP contribution is -2.32. The average Bonchev–Trinajstić information content (AvgIpc) is 2.01. The molecule has 0 unspecified atom stereocenters. The van der Waals surface area contributed by atoms with Crippen molar-refractivity contribution in [3.63, 3.8) is 0 Å². The first-order chi connectivity index (χ1) is 6.76. The predicted octanol–water partition coefficient (Wildman–Crippen LogP) is 0.762. The van der Waals surface area contributed by atoms with E-state index in [4.69, 9.17) is 10.5 Å². The van der Waals surface area contributed by atoms with Gasteiger partial charge in [0, 0.05) is 0 Å². The minimum atomic E-state index is -0.815. The van der Waals surface area contributed by atoms with Gasteiger partial charge in [-0.2, -0.15) is 5.10 Å². The third kappa shape index (κ3) is 6.48. The molecule has 0 spiro atoms. The molecule has 0 aromatic rings. The molecular weight excluding hydrogens is 198 g/mol. The van der Waals surface area contributed by atoms with E-state index in [1.807, 2.05) is 5.43 Å². The van der Waals surface area contributed by atoms with Crippen molar-refractivity contribution in [2.45, 2.75) is 39.7 Å². The van der Waals surface area contributed by atoms with Crippen molar-refractivity contribution < 1.29 is 14.3 Å². The maximum absolute atomic E-state index is 11.5. The molecule has 0 fully saturated rings. The molecule has 0 aliphatic heterocycles. The summed E-state index contributed by atoms with van der Waals surface area (Å²) >= 11 is 0. The topological polar surface area (TPSA) is 93.8 Å². The molecule has 0 atom stereocenters. The van der Waals surface area contributed by atoms with E-state index in [-0.39, 0.29) is 5.71 Å². The fourth-order valence-electron chi connectivity index (χ4n) is 0.729. The summed E-state index contributed by atoms with van der Waals surface area (Å²) in [5, 5.41) is 3.54. The number of urea groups is 1. The summed E-state index contributed by atoms with van der Waals surface area (Å²) in [7, 11) is 0. The van der Waals surface area contributed by atoms with Crippen LogP contribution in [0.5, 0.6) is 0 Å². The number of hydrazone groups is 1. The van der Waals surface area contributed by atoms with Gasteiger partial charge >= 0.3 is 12.0 Å². The highest BCUT2D eigenvalue weighted by molar-refractivity contribution is 6.36. The number of nitrogens with one attached hydrogen (secondary N) is 1. The molecule has 6 nitrogen and oxygen atoms in total. The first-order valence-corrected chi connectivity index (χ1v) is 4.61. The summed E-state index contributed by atoms with van der Waals surface area (Å²) in [5.41, 5.74) is 6.35. The number of carbonyl (C=O) groups is 2. The lowest BCUT2D eigenvalue weighted by atomic mass is 10.2. The summed E-state index contributed by atoms with van der Waals surface area (Å²) in [6, 6.07) is -0.815.